The standard InChI is InChI=1S/C13H28NO7/c1-4-14(2,3)5-8(16)7-20-12-11(18)10(17)9(6-15)21-13(12)19/h8-13,15-19H,4-7H2,1-3H3/q+1/t8?,9-,10-,11+,12-,13+/m1/s1. The Morgan fingerprint density at radius 2 is 1.81 bits per heavy atom. The SMILES string of the molecule is CC[N+](C)(C)CC(O)CO[C@@H]1[C@@H](O)[C@H](O)[C@@H](CO)O[C@@H]1O. The predicted molar refractivity (Wildman–Crippen MR) is 73.2 cm³/mol. The number of rotatable bonds is 7. The Morgan fingerprint density at radius 3 is 2.33 bits per heavy atom. The molecular formula is C13H28NO7+. The van der Waals surface area contributed by atoms with Crippen LogP contribution >= 0.6 is 0 Å². The first kappa shape index (κ1) is 18.7. The molecule has 0 aliphatic carbocycles. The maximum absolute atomic E-state index is 9.94. The van der Waals surface area contributed by atoms with Gasteiger partial charge in [0, 0.05) is 0 Å². The van der Waals surface area contributed by atoms with Gasteiger partial charge in [0.15, 0.2) is 6.29 Å². The highest BCUT2D eigenvalue weighted by atomic mass is 16.7. The molecule has 1 aliphatic heterocycles. The molecule has 0 radical (unpaired) electrons. The van der Waals surface area contributed by atoms with Crippen LogP contribution in [0.15, 0.2) is 0 Å². The van der Waals surface area contributed by atoms with Gasteiger partial charge in [-0.3, -0.25) is 0 Å². The van der Waals surface area contributed by atoms with Crippen LogP contribution in [-0.4, -0.2) is 107 Å². The van der Waals surface area contributed by atoms with E-state index >= 15 is 0 Å². The first-order valence-corrected chi connectivity index (χ1v) is 7.14. The normalized spacial score (nSPS) is 35.7. The first-order chi connectivity index (χ1) is 9.71. The second-order valence-electron chi connectivity index (χ2n) is 6.12. The molecule has 1 fully saturated rings. The van der Waals surface area contributed by atoms with Gasteiger partial charge in [0.05, 0.1) is 33.9 Å². The molecule has 1 rings (SSSR count). The minimum atomic E-state index is -1.47. The van der Waals surface area contributed by atoms with Crippen LogP contribution in [0.2, 0.25) is 0 Å². The molecule has 0 aromatic heterocycles. The van der Waals surface area contributed by atoms with Crippen LogP contribution in [0.4, 0.5) is 0 Å². The van der Waals surface area contributed by atoms with Crippen molar-refractivity contribution >= 4 is 0 Å². The zero-order valence-electron chi connectivity index (χ0n) is 12.8. The van der Waals surface area contributed by atoms with E-state index in [2.05, 4.69) is 0 Å². The van der Waals surface area contributed by atoms with Crippen molar-refractivity contribution < 1.29 is 39.5 Å². The van der Waals surface area contributed by atoms with Crippen molar-refractivity contribution in [3.05, 3.63) is 0 Å². The molecule has 0 bridgehead atoms. The second-order valence-corrected chi connectivity index (χ2v) is 6.12. The van der Waals surface area contributed by atoms with Crippen LogP contribution in [-0.2, 0) is 9.47 Å². The molecule has 5 N–H and O–H groups in total. The van der Waals surface area contributed by atoms with E-state index in [4.69, 9.17) is 14.6 Å². The van der Waals surface area contributed by atoms with Crippen molar-refractivity contribution in [1.82, 2.24) is 0 Å². The largest absolute Gasteiger partial charge is 0.394 e. The van der Waals surface area contributed by atoms with Crippen molar-refractivity contribution in [2.45, 2.75) is 43.7 Å². The molecule has 1 aliphatic rings. The first-order valence-electron chi connectivity index (χ1n) is 7.14. The molecule has 0 saturated carbocycles. The molecular weight excluding hydrogens is 282 g/mol. The summed E-state index contributed by atoms with van der Waals surface area (Å²) in [4.78, 5) is 0. The molecule has 0 spiro atoms. The van der Waals surface area contributed by atoms with Gasteiger partial charge in [0.1, 0.15) is 37.1 Å². The third-order valence-electron chi connectivity index (χ3n) is 3.88. The summed E-state index contributed by atoms with van der Waals surface area (Å²) >= 11 is 0. The van der Waals surface area contributed by atoms with E-state index < -0.39 is 43.4 Å². The van der Waals surface area contributed by atoms with Crippen molar-refractivity contribution in [2.75, 3.05) is 40.4 Å². The lowest BCUT2D eigenvalue weighted by molar-refractivity contribution is -0.891. The van der Waals surface area contributed by atoms with Crippen molar-refractivity contribution in [3.63, 3.8) is 0 Å². The summed E-state index contributed by atoms with van der Waals surface area (Å²) in [5.74, 6) is 0. The summed E-state index contributed by atoms with van der Waals surface area (Å²) in [7, 11) is 3.93. The summed E-state index contributed by atoms with van der Waals surface area (Å²) in [5, 5.41) is 48.3. The van der Waals surface area contributed by atoms with Crippen LogP contribution in [0.25, 0.3) is 0 Å². The smallest absolute Gasteiger partial charge is 0.184 e. The number of likely N-dealkylation sites (N-methyl/N-ethyl adjacent to an activating group) is 1. The van der Waals surface area contributed by atoms with Gasteiger partial charge in [-0.2, -0.15) is 0 Å². The Labute approximate surface area is 124 Å². The quantitative estimate of drug-likeness (QED) is 0.324. The van der Waals surface area contributed by atoms with Gasteiger partial charge in [0.25, 0.3) is 0 Å². The van der Waals surface area contributed by atoms with E-state index in [1.807, 2.05) is 21.0 Å². The summed E-state index contributed by atoms with van der Waals surface area (Å²) in [6.45, 7) is 2.68. The zero-order valence-corrected chi connectivity index (χ0v) is 12.8. The maximum Gasteiger partial charge on any atom is 0.184 e. The van der Waals surface area contributed by atoms with E-state index in [0.717, 1.165) is 6.54 Å². The summed E-state index contributed by atoms with van der Waals surface area (Å²) in [6.07, 6.45) is -7.23. The average molecular weight is 310 g/mol. The Kier molecular flexibility index (Phi) is 6.95. The Hall–Kier alpha value is -0.320. The van der Waals surface area contributed by atoms with Crippen LogP contribution < -0.4 is 0 Å². The highest BCUT2D eigenvalue weighted by Gasteiger charge is 2.44. The molecule has 1 saturated heterocycles. The molecule has 0 aromatic carbocycles. The van der Waals surface area contributed by atoms with Crippen LogP contribution in [0, 0.1) is 0 Å². The highest BCUT2D eigenvalue weighted by molar-refractivity contribution is 4.89. The van der Waals surface area contributed by atoms with E-state index in [9.17, 15) is 20.4 Å². The van der Waals surface area contributed by atoms with Gasteiger partial charge in [-0.05, 0) is 6.92 Å². The number of aliphatic hydroxyl groups excluding tert-OH is 5. The molecule has 8 heteroatoms. The van der Waals surface area contributed by atoms with Crippen LogP contribution in [0.5, 0.6) is 0 Å². The lowest BCUT2D eigenvalue weighted by Crippen LogP contribution is -2.59. The third-order valence-corrected chi connectivity index (χ3v) is 3.88. The minimum absolute atomic E-state index is 0.0969. The van der Waals surface area contributed by atoms with E-state index in [-0.39, 0.29) is 6.61 Å². The molecule has 1 unspecified atom stereocenters. The number of hydrogen-bond donors (Lipinski definition) is 5. The van der Waals surface area contributed by atoms with Gasteiger partial charge < -0.3 is 39.5 Å². The molecule has 126 valence electrons. The Balaban J connectivity index is 2.50. The fourth-order valence-corrected chi connectivity index (χ4v) is 2.23. The predicted octanol–water partition coefficient (Wildman–Crippen LogP) is -2.74. The minimum Gasteiger partial charge on any atom is -0.394 e. The molecule has 8 nitrogen and oxygen atoms in total. The van der Waals surface area contributed by atoms with Gasteiger partial charge in [-0.15, -0.1) is 0 Å². The second kappa shape index (κ2) is 7.80. The maximum atomic E-state index is 9.94. The summed E-state index contributed by atoms with van der Waals surface area (Å²) in [6, 6.07) is 0. The van der Waals surface area contributed by atoms with Crippen LogP contribution in [0.1, 0.15) is 6.92 Å². The monoisotopic (exact) mass is 310 g/mol. The summed E-state index contributed by atoms with van der Waals surface area (Å²) < 4.78 is 10.9. The number of nitrogens with zero attached hydrogens (tertiary/aromatic N) is 1. The van der Waals surface area contributed by atoms with Crippen molar-refractivity contribution in [1.29, 1.82) is 0 Å². The topological polar surface area (TPSA) is 120 Å². The van der Waals surface area contributed by atoms with Gasteiger partial charge >= 0.3 is 0 Å². The zero-order chi connectivity index (χ0) is 16.2. The average Bonchev–Trinajstić information content (AvgIpc) is 2.42. The van der Waals surface area contributed by atoms with Gasteiger partial charge in [0.2, 0.25) is 0 Å². The lowest BCUT2D eigenvalue weighted by Gasteiger charge is -2.40. The third kappa shape index (κ3) is 5.11. The van der Waals surface area contributed by atoms with E-state index in [0.29, 0.717) is 11.0 Å². The fraction of sp³-hybridized carbons (Fsp3) is 1.00. The molecule has 0 amide bonds. The van der Waals surface area contributed by atoms with Gasteiger partial charge in [-0.1, -0.05) is 0 Å². The summed E-state index contributed by atoms with van der Waals surface area (Å²) in [5.41, 5.74) is 0. The van der Waals surface area contributed by atoms with E-state index in [1.54, 1.807) is 0 Å². The fourth-order valence-electron chi connectivity index (χ4n) is 2.23. The van der Waals surface area contributed by atoms with Crippen molar-refractivity contribution in [3.8, 4) is 0 Å². The molecule has 0 aromatic rings. The Bertz CT molecular complexity index is 315. The number of ether oxygens (including phenoxy) is 2. The number of quaternary nitrogens is 1. The van der Waals surface area contributed by atoms with Gasteiger partial charge in [-0.25, -0.2) is 0 Å². The Morgan fingerprint density at radius 1 is 1.19 bits per heavy atom. The molecule has 21 heavy (non-hydrogen) atoms. The van der Waals surface area contributed by atoms with Crippen LogP contribution in [0.3, 0.4) is 0 Å². The number of aliphatic hydroxyl groups is 5. The van der Waals surface area contributed by atoms with E-state index in [1.165, 1.54) is 0 Å². The molecule has 6 atom stereocenters. The highest BCUT2D eigenvalue weighted by Crippen LogP contribution is 2.22. The number of hydrogen-bond acceptors (Lipinski definition) is 7. The van der Waals surface area contributed by atoms with Crippen molar-refractivity contribution in [2.24, 2.45) is 0 Å². The molecule has 1 heterocycles. The lowest BCUT2D eigenvalue weighted by atomic mass is 9.99.